The van der Waals surface area contributed by atoms with Crippen LogP contribution in [-0.4, -0.2) is 52.5 Å². The average Bonchev–Trinajstić information content (AvgIpc) is 3.18. The number of amides is 1. The number of aryl methyl sites for hydroxylation is 1. The summed E-state index contributed by atoms with van der Waals surface area (Å²) in [6, 6.07) is 4.91. The van der Waals surface area contributed by atoms with Crippen molar-refractivity contribution >= 4 is 27.5 Å². The molecule has 1 aliphatic heterocycles. The lowest BCUT2D eigenvalue weighted by molar-refractivity contribution is 0.0516. The van der Waals surface area contributed by atoms with Crippen LogP contribution in [0.1, 0.15) is 42.6 Å². The van der Waals surface area contributed by atoms with Crippen molar-refractivity contribution in [3.63, 3.8) is 0 Å². The summed E-state index contributed by atoms with van der Waals surface area (Å²) in [6.45, 7) is 3.81. The number of hydrogen-bond donors (Lipinski definition) is 0. The zero-order valence-corrected chi connectivity index (χ0v) is 14.6. The van der Waals surface area contributed by atoms with Crippen molar-refractivity contribution in [2.45, 2.75) is 38.1 Å². The fraction of sp³-hybridized carbons (Fsp3) is 0.611. The van der Waals surface area contributed by atoms with Crippen LogP contribution in [0, 0.1) is 0 Å². The third-order valence-corrected chi connectivity index (χ3v) is 6.43. The van der Waals surface area contributed by atoms with Gasteiger partial charge in [-0.05, 0) is 30.4 Å². The summed E-state index contributed by atoms with van der Waals surface area (Å²) in [5.74, 6) is 0.194. The number of carbonyl (C=O) groups excluding carboxylic acids is 1. The molecule has 2 aromatic heterocycles. The molecule has 124 valence electrons. The molecule has 1 saturated carbocycles. The van der Waals surface area contributed by atoms with Gasteiger partial charge in [0.2, 0.25) is 0 Å². The second-order valence-corrected chi connectivity index (χ2v) is 7.83. The molecule has 0 N–H and O–H groups in total. The lowest BCUT2D eigenvalue weighted by Gasteiger charge is -2.40. The molecule has 4 rings (SSSR count). The highest BCUT2D eigenvalue weighted by molar-refractivity contribution is 7.17. The average molecular weight is 331 g/mol. The lowest BCUT2D eigenvalue weighted by atomic mass is 9.94. The molecule has 0 atom stereocenters. The number of carbonyl (C=O) groups is 1. The number of hydrogen-bond acceptors (Lipinski definition) is 3. The SMILES string of the molecule is Cn1c(C(=O)N2CCN(C3CCCCC3)CC2)cc2sccc21. The molecule has 2 aromatic rings. The monoisotopic (exact) mass is 331 g/mol. The molecular weight excluding hydrogens is 306 g/mol. The van der Waals surface area contributed by atoms with E-state index in [1.165, 1.54) is 42.3 Å². The molecule has 1 amide bonds. The van der Waals surface area contributed by atoms with Gasteiger partial charge in [0.15, 0.2) is 0 Å². The summed E-state index contributed by atoms with van der Waals surface area (Å²) in [5, 5.41) is 2.09. The standard InChI is InChI=1S/C18H25N3OS/c1-19-15-7-12-23-17(15)13-16(19)18(22)21-10-8-20(9-11-21)14-5-3-2-4-6-14/h7,12-14H,2-6,8-11H2,1H3. The second kappa shape index (κ2) is 6.29. The predicted molar refractivity (Wildman–Crippen MR) is 95.1 cm³/mol. The zero-order chi connectivity index (χ0) is 15.8. The normalized spacial score (nSPS) is 21.2. The third-order valence-electron chi connectivity index (χ3n) is 5.58. The molecule has 1 saturated heterocycles. The molecule has 0 unspecified atom stereocenters. The largest absolute Gasteiger partial charge is 0.339 e. The minimum atomic E-state index is 0.194. The highest BCUT2D eigenvalue weighted by Crippen LogP contribution is 2.26. The van der Waals surface area contributed by atoms with E-state index in [4.69, 9.17) is 0 Å². The number of nitrogens with zero attached hydrogens (tertiary/aromatic N) is 3. The zero-order valence-electron chi connectivity index (χ0n) is 13.8. The fourth-order valence-corrected chi connectivity index (χ4v) is 5.00. The van der Waals surface area contributed by atoms with Gasteiger partial charge in [-0.2, -0.15) is 0 Å². The molecule has 4 nitrogen and oxygen atoms in total. The molecular formula is C18H25N3OS. The smallest absolute Gasteiger partial charge is 0.270 e. The Kier molecular flexibility index (Phi) is 4.16. The van der Waals surface area contributed by atoms with Gasteiger partial charge in [0.1, 0.15) is 5.69 Å². The van der Waals surface area contributed by atoms with E-state index in [1.807, 2.05) is 16.5 Å². The summed E-state index contributed by atoms with van der Waals surface area (Å²) in [5.41, 5.74) is 2.00. The summed E-state index contributed by atoms with van der Waals surface area (Å²) in [4.78, 5) is 17.5. The fourth-order valence-electron chi connectivity index (χ4n) is 4.15. The highest BCUT2D eigenvalue weighted by Gasteiger charge is 2.28. The number of aromatic nitrogens is 1. The molecule has 23 heavy (non-hydrogen) atoms. The molecule has 2 aliphatic rings. The Hall–Kier alpha value is -1.33. The van der Waals surface area contributed by atoms with Crippen molar-refractivity contribution in [2.75, 3.05) is 26.2 Å². The van der Waals surface area contributed by atoms with Gasteiger partial charge in [0, 0.05) is 39.3 Å². The van der Waals surface area contributed by atoms with Crippen molar-refractivity contribution in [2.24, 2.45) is 7.05 Å². The third kappa shape index (κ3) is 2.81. The lowest BCUT2D eigenvalue weighted by Crippen LogP contribution is -2.52. The highest BCUT2D eigenvalue weighted by atomic mass is 32.1. The van der Waals surface area contributed by atoms with E-state index in [0.717, 1.165) is 37.9 Å². The van der Waals surface area contributed by atoms with Gasteiger partial charge in [0.05, 0.1) is 10.2 Å². The first-order chi connectivity index (χ1) is 11.2. The Morgan fingerprint density at radius 3 is 2.57 bits per heavy atom. The number of thiophene rings is 1. The van der Waals surface area contributed by atoms with Crippen LogP contribution < -0.4 is 0 Å². The van der Waals surface area contributed by atoms with Gasteiger partial charge < -0.3 is 9.47 Å². The van der Waals surface area contributed by atoms with Gasteiger partial charge in [-0.3, -0.25) is 9.69 Å². The Morgan fingerprint density at radius 1 is 1.13 bits per heavy atom. The van der Waals surface area contributed by atoms with Gasteiger partial charge in [-0.1, -0.05) is 19.3 Å². The second-order valence-electron chi connectivity index (χ2n) is 6.88. The molecule has 0 spiro atoms. The van der Waals surface area contributed by atoms with E-state index in [-0.39, 0.29) is 5.91 Å². The summed E-state index contributed by atoms with van der Waals surface area (Å²) < 4.78 is 3.25. The van der Waals surface area contributed by atoms with E-state index in [1.54, 1.807) is 11.3 Å². The van der Waals surface area contributed by atoms with Crippen molar-refractivity contribution in [3.8, 4) is 0 Å². The van der Waals surface area contributed by atoms with Crippen LogP contribution >= 0.6 is 11.3 Å². The van der Waals surface area contributed by atoms with Gasteiger partial charge in [-0.25, -0.2) is 0 Å². The molecule has 1 aliphatic carbocycles. The minimum absolute atomic E-state index is 0.194. The van der Waals surface area contributed by atoms with Crippen LogP contribution in [0.2, 0.25) is 0 Å². The Morgan fingerprint density at radius 2 is 1.87 bits per heavy atom. The molecule has 0 aromatic carbocycles. The first kappa shape index (κ1) is 15.2. The van der Waals surface area contributed by atoms with Crippen molar-refractivity contribution < 1.29 is 4.79 Å². The van der Waals surface area contributed by atoms with Gasteiger partial charge in [-0.15, -0.1) is 11.3 Å². The van der Waals surface area contributed by atoms with Crippen LogP contribution in [0.3, 0.4) is 0 Å². The molecule has 3 heterocycles. The van der Waals surface area contributed by atoms with E-state index in [2.05, 4.69) is 22.4 Å². The first-order valence-electron chi connectivity index (χ1n) is 8.80. The molecule has 0 radical (unpaired) electrons. The van der Waals surface area contributed by atoms with Crippen LogP contribution in [0.5, 0.6) is 0 Å². The van der Waals surface area contributed by atoms with Gasteiger partial charge >= 0.3 is 0 Å². The quantitative estimate of drug-likeness (QED) is 0.844. The number of piperazine rings is 1. The maximum Gasteiger partial charge on any atom is 0.270 e. The number of rotatable bonds is 2. The number of fused-ring (bicyclic) bond motifs is 1. The van der Waals surface area contributed by atoms with Crippen molar-refractivity contribution in [1.29, 1.82) is 0 Å². The predicted octanol–water partition coefficient (Wildman–Crippen LogP) is 3.33. The maximum atomic E-state index is 12.9. The van der Waals surface area contributed by atoms with Crippen molar-refractivity contribution in [1.82, 2.24) is 14.4 Å². The summed E-state index contributed by atoms with van der Waals surface area (Å²) >= 11 is 1.71. The summed E-state index contributed by atoms with van der Waals surface area (Å²) in [7, 11) is 2.00. The van der Waals surface area contributed by atoms with E-state index in [0.29, 0.717) is 0 Å². The molecule has 2 fully saturated rings. The Bertz CT molecular complexity index is 690. The van der Waals surface area contributed by atoms with E-state index in [9.17, 15) is 4.79 Å². The van der Waals surface area contributed by atoms with Crippen molar-refractivity contribution in [3.05, 3.63) is 23.2 Å². The van der Waals surface area contributed by atoms with E-state index < -0.39 is 0 Å². The van der Waals surface area contributed by atoms with E-state index >= 15 is 0 Å². The Balaban J connectivity index is 1.42. The first-order valence-corrected chi connectivity index (χ1v) is 9.68. The maximum absolute atomic E-state index is 12.9. The van der Waals surface area contributed by atoms with Crippen LogP contribution in [0.15, 0.2) is 17.5 Å². The summed E-state index contributed by atoms with van der Waals surface area (Å²) in [6.07, 6.45) is 6.86. The van der Waals surface area contributed by atoms with Gasteiger partial charge in [0.25, 0.3) is 5.91 Å². The molecule has 0 bridgehead atoms. The minimum Gasteiger partial charge on any atom is -0.339 e. The van der Waals surface area contributed by atoms with Crippen LogP contribution in [0.4, 0.5) is 0 Å². The van der Waals surface area contributed by atoms with Crippen LogP contribution in [-0.2, 0) is 7.05 Å². The molecule has 5 heteroatoms. The Labute approximate surface area is 141 Å². The van der Waals surface area contributed by atoms with Crippen LogP contribution in [0.25, 0.3) is 10.2 Å². The topological polar surface area (TPSA) is 28.5 Å².